The number of nitrogens with two attached hydrogens (primary N) is 1. The van der Waals surface area contributed by atoms with E-state index in [1.54, 1.807) is 4.68 Å². The Morgan fingerprint density at radius 2 is 2.00 bits per heavy atom. The van der Waals surface area contributed by atoms with E-state index < -0.39 is 0 Å². The molecule has 1 aromatic heterocycles. The Kier molecular flexibility index (Phi) is 2.77. The SMILES string of the molecule is CCc1nc(-c2ccc(Br)cc2)cn1N. The Balaban J connectivity index is 2.41. The molecule has 0 radical (unpaired) electrons. The first-order valence-electron chi connectivity index (χ1n) is 4.80. The van der Waals surface area contributed by atoms with Crippen molar-refractivity contribution in [3.63, 3.8) is 0 Å². The van der Waals surface area contributed by atoms with Gasteiger partial charge in [-0.2, -0.15) is 0 Å². The molecule has 2 N–H and O–H groups in total. The first-order chi connectivity index (χ1) is 7.20. The zero-order valence-corrected chi connectivity index (χ0v) is 10.0. The molecule has 3 nitrogen and oxygen atoms in total. The number of hydrogen-bond donors (Lipinski definition) is 1. The normalized spacial score (nSPS) is 10.5. The molecule has 0 unspecified atom stereocenters. The Hall–Kier alpha value is -1.29. The summed E-state index contributed by atoms with van der Waals surface area (Å²) in [4.78, 5) is 4.45. The molecule has 0 fully saturated rings. The molecule has 0 atom stereocenters. The topological polar surface area (TPSA) is 43.8 Å². The molecule has 0 aliphatic rings. The minimum atomic E-state index is 0.840. The highest BCUT2D eigenvalue weighted by molar-refractivity contribution is 9.10. The lowest BCUT2D eigenvalue weighted by atomic mass is 10.2. The van der Waals surface area contributed by atoms with Crippen LogP contribution in [0.4, 0.5) is 0 Å². The van der Waals surface area contributed by atoms with Gasteiger partial charge in [0.15, 0.2) is 0 Å². The lowest BCUT2D eigenvalue weighted by Crippen LogP contribution is -2.10. The second-order valence-corrected chi connectivity index (χ2v) is 4.23. The zero-order valence-electron chi connectivity index (χ0n) is 8.44. The molecule has 2 rings (SSSR count). The smallest absolute Gasteiger partial charge is 0.127 e. The van der Waals surface area contributed by atoms with Crippen LogP contribution in [0.15, 0.2) is 34.9 Å². The average Bonchev–Trinajstić information content (AvgIpc) is 2.61. The average molecular weight is 266 g/mol. The van der Waals surface area contributed by atoms with Gasteiger partial charge in [-0.15, -0.1) is 0 Å². The van der Waals surface area contributed by atoms with Gasteiger partial charge in [-0.25, -0.2) is 4.98 Å². The monoisotopic (exact) mass is 265 g/mol. The van der Waals surface area contributed by atoms with E-state index in [9.17, 15) is 0 Å². The Labute approximate surface area is 97.0 Å². The minimum Gasteiger partial charge on any atom is -0.338 e. The number of benzene rings is 1. The van der Waals surface area contributed by atoms with Crippen LogP contribution in [0.5, 0.6) is 0 Å². The molecule has 1 heterocycles. The second-order valence-electron chi connectivity index (χ2n) is 3.31. The molecule has 1 aromatic carbocycles. The molecule has 78 valence electrons. The van der Waals surface area contributed by atoms with Crippen molar-refractivity contribution in [2.24, 2.45) is 0 Å². The van der Waals surface area contributed by atoms with Crippen molar-refractivity contribution in [3.05, 3.63) is 40.8 Å². The van der Waals surface area contributed by atoms with Crippen LogP contribution in [0.2, 0.25) is 0 Å². The van der Waals surface area contributed by atoms with Crippen LogP contribution in [0.3, 0.4) is 0 Å². The molecule has 4 heteroatoms. The Morgan fingerprint density at radius 1 is 1.33 bits per heavy atom. The largest absolute Gasteiger partial charge is 0.338 e. The number of halogens is 1. The third kappa shape index (κ3) is 2.04. The van der Waals surface area contributed by atoms with Gasteiger partial charge in [0.1, 0.15) is 5.82 Å². The van der Waals surface area contributed by atoms with E-state index in [4.69, 9.17) is 5.84 Å². The molecule has 0 saturated heterocycles. The summed E-state index contributed by atoms with van der Waals surface area (Å²) < 4.78 is 2.64. The van der Waals surface area contributed by atoms with Gasteiger partial charge >= 0.3 is 0 Å². The predicted octanol–water partition coefficient (Wildman–Crippen LogP) is 2.59. The summed E-state index contributed by atoms with van der Waals surface area (Å²) in [6, 6.07) is 8.03. The van der Waals surface area contributed by atoms with Crippen LogP contribution in [0, 0.1) is 0 Å². The minimum absolute atomic E-state index is 0.840. The van der Waals surface area contributed by atoms with Crippen molar-refractivity contribution in [3.8, 4) is 11.3 Å². The van der Waals surface area contributed by atoms with E-state index in [0.717, 1.165) is 28.0 Å². The highest BCUT2D eigenvalue weighted by Gasteiger charge is 2.05. The molecule has 15 heavy (non-hydrogen) atoms. The van der Waals surface area contributed by atoms with Crippen molar-refractivity contribution in [1.82, 2.24) is 9.66 Å². The molecule has 0 bridgehead atoms. The second kappa shape index (κ2) is 4.06. The number of aromatic nitrogens is 2. The van der Waals surface area contributed by atoms with Gasteiger partial charge in [-0.3, -0.25) is 4.68 Å². The van der Waals surface area contributed by atoms with Gasteiger partial charge < -0.3 is 5.84 Å². The van der Waals surface area contributed by atoms with Crippen molar-refractivity contribution in [2.75, 3.05) is 5.84 Å². The van der Waals surface area contributed by atoms with Crippen LogP contribution in [-0.2, 0) is 6.42 Å². The van der Waals surface area contributed by atoms with Crippen LogP contribution >= 0.6 is 15.9 Å². The highest BCUT2D eigenvalue weighted by Crippen LogP contribution is 2.20. The van der Waals surface area contributed by atoms with E-state index in [1.165, 1.54) is 0 Å². The van der Waals surface area contributed by atoms with E-state index in [0.29, 0.717) is 0 Å². The third-order valence-corrected chi connectivity index (χ3v) is 2.79. The van der Waals surface area contributed by atoms with Crippen LogP contribution in [-0.4, -0.2) is 9.66 Å². The molecule has 2 aromatic rings. The fourth-order valence-corrected chi connectivity index (χ4v) is 1.72. The third-order valence-electron chi connectivity index (χ3n) is 2.27. The van der Waals surface area contributed by atoms with E-state index in [-0.39, 0.29) is 0 Å². The molecular weight excluding hydrogens is 254 g/mol. The molecule has 0 saturated carbocycles. The summed E-state index contributed by atoms with van der Waals surface area (Å²) in [5, 5.41) is 0. The number of aryl methyl sites for hydroxylation is 1. The van der Waals surface area contributed by atoms with Gasteiger partial charge in [-0.05, 0) is 12.1 Å². The quantitative estimate of drug-likeness (QED) is 0.849. The van der Waals surface area contributed by atoms with Gasteiger partial charge in [0.05, 0.1) is 11.9 Å². The van der Waals surface area contributed by atoms with Gasteiger partial charge in [0.25, 0.3) is 0 Å². The molecule has 0 spiro atoms. The van der Waals surface area contributed by atoms with Crippen molar-refractivity contribution >= 4 is 15.9 Å². The number of rotatable bonds is 2. The van der Waals surface area contributed by atoms with E-state index in [1.807, 2.05) is 37.4 Å². The standard InChI is InChI=1S/C11H12BrN3/c1-2-11-14-10(7-15(11)13)8-3-5-9(12)6-4-8/h3-7H,2,13H2,1H3. The summed E-state index contributed by atoms with van der Waals surface area (Å²) in [5.41, 5.74) is 2.00. The van der Waals surface area contributed by atoms with Gasteiger partial charge in [-0.1, -0.05) is 35.0 Å². The van der Waals surface area contributed by atoms with Crippen molar-refractivity contribution < 1.29 is 0 Å². The summed E-state index contributed by atoms with van der Waals surface area (Å²) in [6.07, 6.45) is 2.69. The number of nitrogens with zero attached hydrogens (tertiary/aromatic N) is 2. The highest BCUT2D eigenvalue weighted by atomic mass is 79.9. The fraction of sp³-hybridized carbons (Fsp3) is 0.182. The predicted molar refractivity (Wildman–Crippen MR) is 64.9 cm³/mol. The lowest BCUT2D eigenvalue weighted by molar-refractivity contribution is 0.858. The van der Waals surface area contributed by atoms with Crippen LogP contribution < -0.4 is 5.84 Å². The number of hydrogen-bond acceptors (Lipinski definition) is 2. The Morgan fingerprint density at radius 3 is 2.53 bits per heavy atom. The van der Waals surface area contributed by atoms with E-state index in [2.05, 4.69) is 20.9 Å². The summed E-state index contributed by atoms with van der Waals surface area (Å²) in [5.74, 6) is 6.66. The number of nitrogen functional groups attached to an aromatic ring is 1. The first-order valence-corrected chi connectivity index (χ1v) is 5.59. The lowest BCUT2D eigenvalue weighted by Gasteiger charge is -1.95. The van der Waals surface area contributed by atoms with Gasteiger partial charge in [0, 0.05) is 16.5 Å². The van der Waals surface area contributed by atoms with Crippen LogP contribution in [0.1, 0.15) is 12.7 Å². The first kappa shape index (κ1) is 10.2. The maximum atomic E-state index is 5.76. The fourth-order valence-electron chi connectivity index (χ4n) is 1.45. The molecule has 0 aliphatic heterocycles. The summed E-state index contributed by atoms with van der Waals surface area (Å²) in [7, 11) is 0. The summed E-state index contributed by atoms with van der Waals surface area (Å²) in [6.45, 7) is 2.04. The van der Waals surface area contributed by atoms with Gasteiger partial charge in [0.2, 0.25) is 0 Å². The molecule has 0 amide bonds. The van der Waals surface area contributed by atoms with Crippen molar-refractivity contribution in [2.45, 2.75) is 13.3 Å². The van der Waals surface area contributed by atoms with E-state index >= 15 is 0 Å². The molecule has 0 aliphatic carbocycles. The summed E-state index contributed by atoms with van der Waals surface area (Å²) >= 11 is 3.40. The maximum Gasteiger partial charge on any atom is 0.127 e. The number of imidazole rings is 1. The zero-order chi connectivity index (χ0) is 10.8. The maximum absolute atomic E-state index is 5.76. The Bertz CT molecular complexity index is 459. The van der Waals surface area contributed by atoms with Crippen molar-refractivity contribution in [1.29, 1.82) is 0 Å². The molecular formula is C11H12BrN3. The van der Waals surface area contributed by atoms with Crippen LogP contribution in [0.25, 0.3) is 11.3 Å².